The maximum absolute atomic E-state index is 12.1. The molecule has 3 saturated heterocycles. The maximum Gasteiger partial charge on any atom is 0.501 e. The van der Waals surface area contributed by atoms with E-state index in [4.69, 9.17) is 28.5 Å². The van der Waals surface area contributed by atoms with Crippen LogP contribution in [0.1, 0.15) is 19.3 Å². The Labute approximate surface area is 213 Å². The Morgan fingerprint density at radius 2 is 1.86 bits per heavy atom. The fourth-order valence-corrected chi connectivity index (χ4v) is 6.52. The number of nitrogen functional groups attached to an aromatic ring is 1. The van der Waals surface area contributed by atoms with Crippen LogP contribution in [0.5, 0.6) is 0 Å². The number of rotatable bonds is 12. The Morgan fingerprint density at radius 3 is 2.59 bits per heavy atom. The minimum atomic E-state index is -2.69. The number of esters is 1. The summed E-state index contributed by atoms with van der Waals surface area (Å²) in [5.41, 5.74) is 5.57. The molecule has 3 fully saturated rings. The van der Waals surface area contributed by atoms with Crippen molar-refractivity contribution < 1.29 is 32.3 Å². The molecular weight excluding hydrogens is 506 g/mol. The molecule has 204 valence electrons. The van der Waals surface area contributed by atoms with E-state index in [1.807, 2.05) is 0 Å². The molecule has 0 unspecified atom stereocenters. The van der Waals surface area contributed by atoms with Gasteiger partial charge in [-0.2, -0.15) is 4.98 Å². The van der Waals surface area contributed by atoms with Crippen LogP contribution in [0.4, 0.5) is 5.95 Å². The molecule has 3 aliphatic rings. The van der Waals surface area contributed by atoms with Gasteiger partial charge in [0.25, 0.3) is 5.56 Å². The second-order valence-electron chi connectivity index (χ2n) is 8.62. The van der Waals surface area contributed by atoms with Crippen LogP contribution < -0.4 is 16.6 Å². The van der Waals surface area contributed by atoms with Gasteiger partial charge in [-0.3, -0.25) is 28.8 Å². The van der Waals surface area contributed by atoms with Crippen LogP contribution in [0, 0.1) is 0 Å². The van der Waals surface area contributed by atoms with Crippen LogP contribution in [-0.2, 0) is 39.1 Å². The maximum atomic E-state index is 12.1. The van der Waals surface area contributed by atoms with Crippen molar-refractivity contribution in [3.8, 4) is 0 Å². The Hall–Kier alpha value is -2.89. The van der Waals surface area contributed by atoms with Gasteiger partial charge < -0.3 is 33.8 Å². The number of imidazole rings is 1. The van der Waals surface area contributed by atoms with Crippen molar-refractivity contribution in [3.05, 3.63) is 16.7 Å². The lowest BCUT2D eigenvalue weighted by molar-refractivity contribution is -0.146. The molecule has 0 aliphatic carbocycles. The minimum absolute atomic E-state index is 0.0215. The second-order valence-corrected chi connectivity index (χ2v) is 11.4. The number of H-pyrrole nitrogens is 1. The van der Waals surface area contributed by atoms with Crippen LogP contribution in [0.3, 0.4) is 0 Å². The number of ether oxygens (including phenoxy) is 2. The van der Waals surface area contributed by atoms with Crippen molar-refractivity contribution in [1.82, 2.24) is 29.7 Å². The van der Waals surface area contributed by atoms with Crippen LogP contribution in [0.25, 0.3) is 11.2 Å². The molecule has 3 aliphatic heterocycles. The molecule has 5 rings (SSSR count). The molecule has 4 N–H and O–H groups in total. The van der Waals surface area contributed by atoms with E-state index < -0.39 is 20.3 Å². The summed E-state index contributed by atoms with van der Waals surface area (Å²) in [7, 11) is -2.69. The molecule has 0 radical (unpaired) electrons. The first-order valence-electron chi connectivity index (χ1n) is 12.3. The topological polar surface area (TPSA) is 185 Å². The first-order valence-corrected chi connectivity index (χ1v) is 14.2. The van der Waals surface area contributed by atoms with E-state index in [-0.39, 0.29) is 50.2 Å². The first kappa shape index (κ1) is 27.1. The van der Waals surface area contributed by atoms with Gasteiger partial charge in [0.05, 0.1) is 39.2 Å². The van der Waals surface area contributed by atoms with E-state index in [2.05, 4.69) is 25.2 Å². The third kappa shape index (κ3) is 7.80. The minimum Gasteiger partial charge on any atom is -0.463 e. The fraction of sp³-hybridized carbons (Fsp3) is 0.667. The second kappa shape index (κ2) is 13.1. The number of carbonyl (C=O) groups is 2. The molecule has 0 spiro atoms. The Bertz CT molecular complexity index is 1100. The van der Waals surface area contributed by atoms with Gasteiger partial charge in [-0.25, -0.2) is 4.98 Å². The number of nitrogens with two attached hydrogens (primary N) is 1. The fourth-order valence-electron chi connectivity index (χ4n) is 4.02. The number of carbonyl (C=O) groups excluding carboxylic acids is 2. The van der Waals surface area contributed by atoms with Gasteiger partial charge in [0.2, 0.25) is 11.9 Å². The summed E-state index contributed by atoms with van der Waals surface area (Å²) in [5, 5.41) is 2.82. The molecule has 1 amide bonds. The SMILES string of the molecule is Nc1nc2c(ncn2COCCOC(=O)CCC(=O)NCCC[Si]23OCCN(CCO2)CCO3)c(=O)[nH]1. The van der Waals surface area contributed by atoms with Crippen molar-refractivity contribution in [2.75, 3.05) is 64.9 Å². The van der Waals surface area contributed by atoms with Gasteiger partial charge in [0.1, 0.15) is 13.3 Å². The number of nitrogens with one attached hydrogen (secondary N) is 2. The third-order valence-corrected chi connectivity index (χ3v) is 8.84. The van der Waals surface area contributed by atoms with Crippen molar-refractivity contribution in [3.63, 3.8) is 0 Å². The summed E-state index contributed by atoms with van der Waals surface area (Å²) < 4.78 is 30.0. The zero-order valence-corrected chi connectivity index (χ0v) is 21.6. The van der Waals surface area contributed by atoms with Crippen molar-refractivity contribution in [2.45, 2.75) is 32.0 Å². The molecule has 0 saturated carbocycles. The van der Waals surface area contributed by atoms with E-state index in [1.165, 1.54) is 10.9 Å². The van der Waals surface area contributed by atoms with E-state index >= 15 is 0 Å². The average molecular weight is 540 g/mol. The van der Waals surface area contributed by atoms with Gasteiger partial charge in [0.15, 0.2) is 11.2 Å². The summed E-state index contributed by atoms with van der Waals surface area (Å²) in [5.74, 6) is -0.742. The van der Waals surface area contributed by atoms with Crippen LogP contribution in [-0.4, -0.2) is 104 Å². The summed E-state index contributed by atoms with van der Waals surface area (Å²) in [6.07, 6.45) is 2.08. The zero-order chi connectivity index (χ0) is 26.1. The van der Waals surface area contributed by atoms with Gasteiger partial charge in [-0.05, 0) is 6.42 Å². The van der Waals surface area contributed by atoms with E-state index in [0.717, 1.165) is 19.6 Å². The molecule has 2 aromatic rings. The van der Waals surface area contributed by atoms with Crippen LogP contribution >= 0.6 is 0 Å². The highest BCUT2D eigenvalue weighted by Gasteiger charge is 2.43. The number of nitrogens with zero attached hydrogens (tertiary/aromatic N) is 4. The Kier molecular flexibility index (Phi) is 9.59. The smallest absolute Gasteiger partial charge is 0.463 e. The van der Waals surface area contributed by atoms with Gasteiger partial charge in [0, 0.05) is 38.6 Å². The number of amides is 1. The lowest BCUT2D eigenvalue weighted by atomic mass is 10.3. The Balaban J connectivity index is 1.06. The van der Waals surface area contributed by atoms with Crippen molar-refractivity contribution >= 4 is 37.8 Å². The molecule has 15 nitrogen and oxygen atoms in total. The first-order chi connectivity index (χ1) is 17.9. The highest BCUT2D eigenvalue weighted by molar-refractivity contribution is 6.60. The number of hydrogen-bond donors (Lipinski definition) is 3. The van der Waals surface area contributed by atoms with Gasteiger partial charge in [-0.15, -0.1) is 0 Å². The van der Waals surface area contributed by atoms with E-state index in [9.17, 15) is 14.4 Å². The lowest BCUT2D eigenvalue weighted by Crippen LogP contribution is -2.55. The van der Waals surface area contributed by atoms with Crippen molar-refractivity contribution in [1.29, 1.82) is 0 Å². The molecule has 16 heteroatoms. The predicted octanol–water partition coefficient (Wildman–Crippen LogP) is -1.18. The van der Waals surface area contributed by atoms with E-state index in [1.54, 1.807) is 0 Å². The average Bonchev–Trinajstić information content (AvgIpc) is 3.23. The van der Waals surface area contributed by atoms with Crippen LogP contribution in [0.15, 0.2) is 11.1 Å². The molecule has 0 aromatic carbocycles. The predicted molar refractivity (Wildman–Crippen MR) is 131 cm³/mol. The monoisotopic (exact) mass is 539 g/mol. The third-order valence-electron chi connectivity index (χ3n) is 5.94. The molecular formula is C21H33N7O8Si. The van der Waals surface area contributed by atoms with Crippen molar-refractivity contribution in [2.24, 2.45) is 0 Å². The summed E-state index contributed by atoms with van der Waals surface area (Å²) >= 11 is 0. The highest BCUT2D eigenvalue weighted by atomic mass is 28.4. The number of aromatic amines is 1. The van der Waals surface area contributed by atoms with Crippen LogP contribution in [0.2, 0.25) is 6.04 Å². The molecule has 5 heterocycles. The quantitative estimate of drug-likeness (QED) is 0.167. The van der Waals surface area contributed by atoms with E-state index in [0.29, 0.717) is 44.5 Å². The largest absolute Gasteiger partial charge is 0.501 e. The summed E-state index contributed by atoms with van der Waals surface area (Å²) in [6.45, 7) is 5.09. The number of fused-ring (bicyclic) bond motifs is 7. The zero-order valence-electron chi connectivity index (χ0n) is 20.6. The molecule has 0 atom stereocenters. The summed E-state index contributed by atoms with van der Waals surface area (Å²) in [6, 6.07) is 0.643. The number of hydrogen-bond acceptors (Lipinski definition) is 12. The summed E-state index contributed by atoms with van der Waals surface area (Å²) in [4.78, 5) is 48.4. The lowest BCUT2D eigenvalue weighted by Gasteiger charge is -2.38. The molecule has 2 aromatic heterocycles. The molecule has 2 bridgehead atoms. The van der Waals surface area contributed by atoms with Gasteiger partial charge >= 0.3 is 14.8 Å². The normalized spacial score (nSPS) is 21.8. The number of aromatic nitrogens is 4. The van der Waals surface area contributed by atoms with Gasteiger partial charge in [-0.1, -0.05) is 0 Å². The highest BCUT2D eigenvalue weighted by Crippen LogP contribution is 2.21. The standard InChI is InChI=1S/C21H33N7O8Si/c22-21-25-19-18(20(31)26-21)24-14-28(19)15-32-11-12-33-17(30)3-2-16(29)23-4-1-13-37-34-8-5-27(6-9-35-37)7-10-36-37/h14H,1-13,15H2,(H,23,29)(H3,22,25,26,31). The molecule has 37 heavy (non-hydrogen) atoms. The Morgan fingerprint density at radius 1 is 1.14 bits per heavy atom. The number of anilines is 1.